The van der Waals surface area contributed by atoms with E-state index in [0.29, 0.717) is 12.6 Å². The molecule has 1 aromatic heterocycles. The zero-order valence-corrected chi connectivity index (χ0v) is 12.0. The third kappa shape index (κ3) is 3.45. The molecule has 2 rings (SSSR count). The molecule has 1 heterocycles. The molecule has 0 radical (unpaired) electrons. The van der Waals surface area contributed by atoms with Crippen molar-refractivity contribution in [2.45, 2.75) is 44.8 Å². The van der Waals surface area contributed by atoms with E-state index in [9.17, 15) is 5.11 Å². The minimum Gasteiger partial charge on any atom is -0.464 e. The number of halogens is 1. The Morgan fingerprint density at radius 1 is 1.32 bits per heavy atom. The Labute approximate surface area is 117 Å². The van der Waals surface area contributed by atoms with E-state index in [1.807, 2.05) is 18.9 Å². The van der Waals surface area contributed by atoms with Crippen LogP contribution >= 0.6 is 11.6 Å². The Balaban J connectivity index is 2.19. The lowest BCUT2D eigenvalue weighted by molar-refractivity contribution is 0.105. The van der Waals surface area contributed by atoms with Gasteiger partial charge in [-0.15, -0.1) is 0 Å². The lowest BCUT2D eigenvalue weighted by atomic mass is 9.92. The van der Waals surface area contributed by atoms with E-state index in [1.165, 1.54) is 0 Å². The number of aliphatic hydroxyl groups excluding tert-OH is 1. The molecule has 1 fully saturated rings. The van der Waals surface area contributed by atoms with Crippen molar-refractivity contribution in [2.75, 3.05) is 18.6 Å². The molecule has 1 aromatic rings. The van der Waals surface area contributed by atoms with E-state index >= 15 is 0 Å². The molecule has 0 aromatic carbocycles. The molecule has 1 N–H and O–H groups in total. The van der Waals surface area contributed by atoms with E-state index in [2.05, 4.69) is 15.0 Å². The summed E-state index contributed by atoms with van der Waals surface area (Å²) in [7, 11) is 1.86. The van der Waals surface area contributed by atoms with Crippen LogP contribution in [0.4, 0.5) is 5.95 Å². The zero-order chi connectivity index (χ0) is 13.8. The van der Waals surface area contributed by atoms with Crippen molar-refractivity contribution < 1.29 is 9.84 Å². The summed E-state index contributed by atoms with van der Waals surface area (Å²) in [5.74, 6) is 0.439. The number of ether oxygens (including phenoxy) is 1. The lowest BCUT2D eigenvalue weighted by Gasteiger charge is -2.35. The Morgan fingerprint density at radius 3 is 2.74 bits per heavy atom. The monoisotopic (exact) mass is 286 g/mol. The molecule has 1 aliphatic rings. The molecule has 0 saturated heterocycles. The fourth-order valence-corrected chi connectivity index (χ4v) is 2.51. The van der Waals surface area contributed by atoms with Gasteiger partial charge in [-0.05, 0) is 31.4 Å². The highest BCUT2D eigenvalue weighted by Gasteiger charge is 2.28. The summed E-state index contributed by atoms with van der Waals surface area (Å²) in [6.45, 7) is 2.32. The first kappa shape index (κ1) is 14.3. The predicted octanol–water partition coefficient (Wildman–Crippen LogP) is 1.66. The molecule has 0 spiro atoms. The highest BCUT2D eigenvalue weighted by atomic mass is 35.5. The van der Waals surface area contributed by atoms with Gasteiger partial charge in [-0.2, -0.15) is 15.0 Å². The maximum absolute atomic E-state index is 10.1. The minimum atomic E-state index is -0.357. The number of anilines is 1. The van der Waals surface area contributed by atoms with Crippen LogP contribution in [0.25, 0.3) is 0 Å². The van der Waals surface area contributed by atoms with Crippen molar-refractivity contribution in [2.24, 2.45) is 0 Å². The van der Waals surface area contributed by atoms with E-state index < -0.39 is 0 Å². The van der Waals surface area contributed by atoms with Gasteiger partial charge in [0.25, 0.3) is 0 Å². The molecule has 1 saturated carbocycles. The summed E-state index contributed by atoms with van der Waals surface area (Å²) in [5, 5.41) is 10.2. The number of aromatic nitrogens is 3. The first-order chi connectivity index (χ1) is 9.11. The molecule has 1 aliphatic carbocycles. The maximum Gasteiger partial charge on any atom is 0.322 e. The molecule has 19 heavy (non-hydrogen) atoms. The molecule has 2 unspecified atom stereocenters. The topological polar surface area (TPSA) is 71.4 Å². The fraction of sp³-hybridized carbons (Fsp3) is 0.750. The molecular weight excluding hydrogens is 268 g/mol. The van der Waals surface area contributed by atoms with Gasteiger partial charge in [0.05, 0.1) is 18.8 Å². The zero-order valence-electron chi connectivity index (χ0n) is 11.2. The fourth-order valence-electron chi connectivity index (χ4n) is 2.37. The lowest BCUT2D eigenvalue weighted by Crippen LogP contribution is -2.44. The average molecular weight is 287 g/mol. The van der Waals surface area contributed by atoms with Crippen LogP contribution in [0.5, 0.6) is 6.01 Å². The molecule has 0 bridgehead atoms. The molecule has 0 amide bonds. The van der Waals surface area contributed by atoms with Gasteiger partial charge in [0.15, 0.2) is 0 Å². The minimum absolute atomic E-state index is 0.0155. The summed E-state index contributed by atoms with van der Waals surface area (Å²) in [6.07, 6.45) is 3.54. The van der Waals surface area contributed by atoms with E-state index in [-0.39, 0.29) is 23.4 Å². The molecule has 106 valence electrons. The summed E-state index contributed by atoms with van der Waals surface area (Å²) < 4.78 is 5.26. The van der Waals surface area contributed by atoms with Gasteiger partial charge in [-0.3, -0.25) is 0 Å². The van der Waals surface area contributed by atoms with Crippen molar-refractivity contribution in [3.05, 3.63) is 5.28 Å². The Morgan fingerprint density at radius 2 is 2.05 bits per heavy atom. The van der Waals surface area contributed by atoms with Crippen molar-refractivity contribution in [3.8, 4) is 6.01 Å². The molecular formula is C12H19ClN4O2. The van der Waals surface area contributed by atoms with Crippen LogP contribution < -0.4 is 9.64 Å². The number of likely N-dealkylation sites (N-methyl/N-ethyl adjacent to an activating group) is 1. The van der Waals surface area contributed by atoms with Crippen LogP contribution in [0.1, 0.15) is 32.6 Å². The van der Waals surface area contributed by atoms with Crippen LogP contribution in [0.3, 0.4) is 0 Å². The third-order valence-electron chi connectivity index (χ3n) is 3.36. The van der Waals surface area contributed by atoms with Crippen molar-refractivity contribution in [1.82, 2.24) is 15.0 Å². The molecule has 7 heteroatoms. The van der Waals surface area contributed by atoms with Gasteiger partial charge in [0.1, 0.15) is 0 Å². The van der Waals surface area contributed by atoms with Crippen molar-refractivity contribution in [1.29, 1.82) is 0 Å². The smallest absolute Gasteiger partial charge is 0.322 e. The average Bonchev–Trinajstić information content (AvgIpc) is 2.38. The number of aliphatic hydroxyl groups is 1. The van der Waals surface area contributed by atoms with Crippen LogP contribution in [0.15, 0.2) is 0 Å². The van der Waals surface area contributed by atoms with Crippen molar-refractivity contribution in [3.63, 3.8) is 0 Å². The van der Waals surface area contributed by atoms with Gasteiger partial charge >= 0.3 is 6.01 Å². The Kier molecular flexibility index (Phi) is 4.76. The van der Waals surface area contributed by atoms with Gasteiger partial charge in [-0.25, -0.2) is 0 Å². The van der Waals surface area contributed by atoms with Crippen LogP contribution in [0.2, 0.25) is 5.28 Å². The standard InChI is InChI=1S/C12H19ClN4O2/c1-3-19-12-15-10(13)14-11(16-12)17(2)8-6-4-5-7-9(8)18/h8-9,18H,3-7H2,1-2H3. The van der Waals surface area contributed by atoms with Crippen LogP contribution in [-0.2, 0) is 0 Å². The summed E-state index contributed by atoms with van der Waals surface area (Å²) in [6, 6.07) is 0.233. The molecule has 6 nitrogen and oxygen atoms in total. The number of nitrogens with zero attached hydrogens (tertiary/aromatic N) is 4. The summed E-state index contributed by atoms with van der Waals surface area (Å²) in [4.78, 5) is 14.1. The highest BCUT2D eigenvalue weighted by Crippen LogP contribution is 2.25. The molecule has 0 aliphatic heterocycles. The third-order valence-corrected chi connectivity index (χ3v) is 3.53. The second-order valence-electron chi connectivity index (χ2n) is 4.65. The quantitative estimate of drug-likeness (QED) is 0.908. The van der Waals surface area contributed by atoms with Gasteiger partial charge in [0.2, 0.25) is 11.2 Å². The normalized spacial score (nSPS) is 23.2. The largest absolute Gasteiger partial charge is 0.464 e. The SMILES string of the molecule is CCOc1nc(Cl)nc(N(C)C2CCCCC2O)n1. The van der Waals surface area contributed by atoms with Gasteiger partial charge in [-0.1, -0.05) is 12.8 Å². The van der Waals surface area contributed by atoms with Crippen molar-refractivity contribution >= 4 is 17.5 Å². The van der Waals surface area contributed by atoms with E-state index in [4.69, 9.17) is 16.3 Å². The van der Waals surface area contributed by atoms with Crippen LogP contribution in [0, 0.1) is 0 Å². The maximum atomic E-state index is 10.1. The summed E-state index contributed by atoms with van der Waals surface area (Å²) in [5.41, 5.74) is 0. The number of hydrogen-bond donors (Lipinski definition) is 1. The predicted molar refractivity (Wildman–Crippen MR) is 72.7 cm³/mol. The Hall–Kier alpha value is -1.14. The summed E-state index contributed by atoms with van der Waals surface area (Å²) >= 11 is 5.87. The first-order valence-electron chi connectivity index (χ1n) is 6.57. The van der Waals surface area contributed by atoms with Gasteiger partial charge in [0, 0.05) is 7.05 Å². The second-order valence-corrected chi connectivity index (χ2v) is 4.99. The Bertz CT molecular complexity index is 432. The number of hydrogen-bond acceptors (Lipinski definition) is 6. The van der Waals surface area contributed by atoms with Crippen LogP contribution in [-0.4, -0.2) is 45.9 Å². The molecule has 2 atom stereocenters. The van der Waals surface area contributed by atoms with E-state index in [1.54, 1.807) is 0 Å². The second kappa shape index (κ2) is 6.34. The highest BCUT2D eigenvalue weighted by molar-refractivity contribution is 6.28. The van der Waals surface area contributed by atoms with Gasteiger partial charge < -0.3 is 14.7 Å². The first-order valence-corrected chi connectivity index (χ1v) is 6.95. The van der Waals surface area contributed by atoms with E-state index in [0.717, 1.165) is 25.7 Å². The number of rotatable bonds is 4.